The number of fused-ring (bicyclic) bond motifs is 6. The zero-order valence-corrected chi connectivity index (χ0v) is 55.9. The maximum Gasteiger partial charge on any atom is 0.0813 e. The molecule has 8 nitrogen and oxygen atoms in total. The van der Waals surface area contributed by atoms with Crippen LogP contribution in [0.2, 0.25) is 0 Å². The van der Waals surface area contributed by atoms with Gasteiger partial charge in [-0.2, -0.15) is 10.2 Å². The van der Waals surface area contributed by atoms with Crippen molar-refractivity contribution in [2.75, 3.05) is 21.5 Å². The van der Waals surface area contributed by atoms with Gasteiger partial charge in [-0.3, -0.25) is 0 Å². The Morgan fingerprint density at radius 3 is 0.936 bits per heavy atom. The van der Waals surface area contributed by atoms with Crippen molar-refractivity contribution >= 4 is 147 Å². The second-order valence-electron chi connectivity index (χ2n) is 22.4. The average molecular weight is 1330 g/mol. The second kappa shape index (κ2) is 30.1. The fourth-order valence-corrected chi connectivity index (χ4v) is 16.6. The lowest BCUT2D eigenvalue weighted by Crippen LogP contribution is -2.18. The van der Waals surface area contributed by atoms with E-state index in [9.17, 15) is 10.2 Å². The molecule has 0 saturated carbocycles. The first-order chi connectivity index (χ1) is 46.4. The Bertz CT molecular complexity index is 4490. The van der Waals surface area contributed by atoms with Gasteiger partial charge >= 0.3 is 0 Å². The zero-order chi connectivity index (χ0) is 63.4. The summed E-state index contributed by atoms with van der Waals surface area (Å²) in [5, 5.41) is 41.4. The van der Waals surface area contributed by atoms with Gasteiger partial charge in [-0.1, -0.05) is 166 Å². The van der Waals surface area contributed by atoms with Crippen LogP contribution in [0.1, 0.15) is 11.1 Å². The highest BCUT2D eigenvalue weighted by atomic mass is 33.1. The van der Waals surface area contributed by atoms with Crippen LogP contribution in [0.15, 0.2) is 353 Å². The third-order valence-electron chi connectivity index (χ3n) is 15.9. The van der Waals surface area contributed by atoms with E-state index >= 15 is 0 Å². The Kier molecular flexibility index (Phi) is 20.0. The molecule has 0 bridgehead atoms. The minimum Gasteiger partial charge on any atom is -0.390 e. The van der Waals surface area contributed by atoms with Gasteiger partial charge in [0, 0.05) is 107 Å². The summed E-state index contributed by atoms with van der Waals surface area (Å²) in [6, 6.07) is 105. The summed E-state index contributed by atoms with van der Waals surface area (Å²) in [7, 11) is 3.53. The van der Waals surface area contributed by atoms with E-state index in [0.717, 1.165) is 87.3 Å². The number of nitrogens with zero attached hydrogens (tertiary/aromatic N) is 6. The molecule has 14 rings (SSSR count). The van der Waals surface area contributed by atoms with Gasteiger partial charge < -0.3 is 19.3 Å². The van der Waals surface area contributed by atoms with Crippen molar-refractivity contribution in [3.63, 3.8) is 0 Å². The summed E-state index contributed by atoms with van der Waals surface area (Å²) in [6.45, 7) is 0.970. The number of rotatable bonds is 25. The molecule has 0 fully saturated rings. The lowest BCUT2D eigenvalue weighted by atomic mass is 10.1. The SMILES string of the molecule is OC(CSc1ccc(Sc2ccc(SSc3ccc(Sc4ccc(SCC(O)Cn5c6ccccc6c6cc(/C=N/N(c7ccccc7)c7ccccc7)ccc65)cc4)cc3)cc2)cc1)Cn1c2ccccc2c2cc(/C=N/N(c3ccccc3)c3ccccc3)ccc21. The van der Waals surface area contributed by atoms with Crippen LogP contribution >= 0.6 is 68.6 Å². The lowest BCUT2D eigenvalue weighted by molar-refractivity contribution is 0.181. The third-order valence-corrected chi connectivity index (χ3v) is 22.7. The van der Waals surface area contributed by atoms with E-state index in [2.05, 4.69) is 240 Å². The Labute approximate surface area is 572 Å². The van der Waals surface area contributed by atoms with Gasteiger partial charge in [0.1, 0.15) is 0 Å². The molecule has 0 saturated heterocycles. The zero-order valence-electron chi connectivity index (χ0n) is 51.0. The molecule has 2 atom stereocenters. The second-order valence-corrected chi connectivity index (χ2v) is 29.2. The molecule has 0 aliphatic rings. The fraction of sp³-hybridized carbons (Fsp3) is 0.0750. The Hall–Kier alpha value is -8.80. The molecule has 94 heavy (non-hydrogen) atoms. The molecule has 462 valence electrons. The summed E-state index contributed by atoms with van der Waals surface area (Å²) in [5.74, 6) is 1.15. The normalized spacial score (nSPS) is 12.4. The van der Waals surface area contributed by atoms with Gasteiger partial charge in [-0.15, -0.1) is 23.5 Å². The van der Waals surface area contributed by atoms with Gasteiger partial charge in [0.2, 0.25) is 0 Å². The average Bonchev–Trinajstić information content (AvgIpc) is 1.62. The maximum atomic E-state index is 11.5. The Morgan fingerprint density at radius 1 is 0.309 bits per heavy atom. The first-order valence-corrected chi connectivity index (χ1v) is 36.8. The van der Waals surface area contributed by atoms with Crippen LogP contribution < -0.4 is 10.0 Å². The number of benzene rings is 12. The van der Waals surface area contributed by atoms with Crippen molar-refractivity contribution in [1.29, 1.82) is 0 Å². The first kappa shape index (κ1) is 62.6. The van der Waals surface area contributed by atoms with E-state index in [-0.39, 0.29) is 0 Å². The summed E-state index contributed by atoms with van der Waals surface area (Å²) in [4.78, 5) is 9.38. The van der Waals surface area contributed by atoms with E-state index in [1.807, 2.05) is 95.2 Å². The first-order valence-electron chi connectivity index (χ1n) is 31.0. The molecular formula is C80H64N6O2S6. The molecule has 0 spiro atoms. The summed E-state index contributed by atoms with van der Waals surface area (Å²) < 4.78 is 4.50. The molecule has 12 aromatic carbocycles. The van der Waals surface area contributed by atoms with Crippen LogP contribution in [-0.2, 0) is 13.1 Å². The van der Waals surface area contributed by atoms with Crippen LogP contribution in [0.25, 0.3) is 43.6 Å². The van der Waals surface area contributed by atoms with E-state index in [1.165, 1.54) is 29.4 Å². The van der Waals surface area contributed by atoms with Gasteiger partial charge in [-0.05, 0) is 193 Å². The number of hydrogen-bond acceptors (Lipinski definition) is 12. The number of aromatic nitrogens is 2. The molecular weight excluding hydrogens is 1270 g/mol. The minimum absolute atomic E-state index is 0.485. The van der Waals surface area contributed by atoms with Crippen LogP contribution in [-0.4, -0.2) is 55.5 Å². The molecule has 0 aliphatic carbocycles. The minimum atomic E-state index is -0.553. The predicted molar refractivity (Wildman–Crippen MR) is 403 cm³/mol. The number of hydrazone groups is 2. The van der Waals surface area contributed by atoms with Crippen molar-refractivity contribution in [2.45, 2.75) is 64.5 Å². The molecule has 14 aromatic rings. The number of hydrogen-bond donors (Lipinski definition) is 2. The van der Waals surface area contributed by atoms with Gasteiger partial charge in [0.05, 0.1) is 47.4 Å². The Balaban J connectivity index is 0.525. The molecule has 2 N–H and O–H groups in total. The largest absolute Gasteiger partial charge is 0.390 e. The summed E-state index contributed by atoms with van der Waals surface area (Å²) in [6.07, 6.45) is 2.74. The topological polar surface area (TPSA) is 81.5 Å². The van der Waals surface area contributed by atoms with Crippen molar-refractivity contribution in [3.8, 4) is 0 Å². The molecule has 2 unspecified atom stereocenters. The molecule has 0 aliphatic heterocycles. The van der Waals surface area contributed by atoms with Crippen LogP contribution in [0.4, 0.5) is 22.7 Å². The highest BCUT2D eigenvalue weighted by Gasteiger charge is 2.18. The van der Waals surface area contributed by atoms with Crippen LogP contribution in [0.3, 0.4) is 0 Å². The molecule has 14 heteroatoms. The number of aliphatic hydroxyl groups is 2. The number of aliphatic hydroxyl groups excluding tert-OH is 2. The molecule has 2 heterocycles. The summed E-state index contributed by atoms with van der Waals surface area (Å²) in [5.41, 5.74) is 10.3. The quantitative estimate of drug-likeness (QED) is 0.0250. The number of thioether (sulfide) groups is 2. The predicted octanol–water partition coefficient (Wildman–Crippen LogP) is 21.7. The highest BCUT2D eigenvalue weighted by molar-refractivity contribution is 8.76. The molecule has 2 aromatic heterocycles. The Morgan fingerprint density at radius 2 is 0.596 bits per heavy atom. The number of para-hydroxylation sites is 6. The van der Waals surface area contributed by atoms with E-state index < -0.39 is 12.2 Å². The van der Waals surface area contributed by atoms with Crippen molar-refractivity contribution in [1.82, 2.24) is 9.13 Å². The standard InChI is InChI=1S/C80H64N6O2S6/c87-63(53-83-77-27-15-13-25-73(77)75-49-57(29-47-79(75)83)51-81-85(59-17-5-1-6-18-59)60-19-7-2-8-20-60)55-89-65-31-35-67(36-32-65)91-69-39-43-71(44-40-69)93-94-72-45-41-70(42-46-72)92-68-37-33-66(34-38-68)90-56-64(88)54-84-78-28-16-14-26-74(78)76-50-58(30-48-80(76)84)52-82-86(61-21-9-3-10-22-61)62-23-11-4-12-24-62/h1-52,63-64,87-88H,53-56H2/b81-51+,82-52+. The van der Waals surface area contributed by atoms with Crippen LogP contribution in [0.5, 0.6) is 0 Å². The van der Waals surface area contributed by atoms with Gasteiger partial charge in [-0.25, -0.2) is 10.0 Å². The lowest BCUT2D eigenvalue weighted by Gasteiger charge is -2.19. The molecule has 0 radical (unpaired) electrons. The van der Waals surface area contributed by atoms with E-state index in [4.69, 9.17) is 10.2 Å². The smallest absolute Gasteiger partial charge is 0.0813 e. The fourth-order valence-electron chi connectivity index (χ4n) is 11.4. The van der Waals surface area contributed by atoms with Crippen molar-refractivity contribution in [3.05, 3.63) is 314 Å². The highest BCUT2D eigenvalue weighted by Crippen LogP contribution is 2.41. The van der Waals surface area contributed by atoms with Gasteiger partial charge in [0.25, 0.3) is 0 Å². The molecule has 0 amide bonds. The monoisotopic (exact) mass is 1330 g/mol. The van der Waals surface area contributed by atoms with E-state index in [1.54, 1.807) is 68.6 Å². The van der Waals surface area contributed by atoms with Crippen molar-refractivity contribution in [2.24, 2.45) is 10.2 Å². The maximum absolute atomic E-state index is 11.5. The van der Waals surface area contributed by atoms with Gasteiger partial charge in [0.15, 0.2) is 0 Å². The number of anilines is 4. The van der Waals surface area contributed by atoms with E-state index in [0.29, 0.717) is 24.6 Å². The third kappa shape index (κ3) is 15.2. The van der Waals surface area contributed by atoms with Crippen molar-refractivity contribution < 1.29 is 10.2 Å². The van der Waals surface area contributed by atoms with Crippen LogP contribution in [0, 0.1) is 0 Å². The summed E-state index contributed by atoms with van der Waals surface area (Å²) >= 11 is 6.87.